The second kappa shape index (κ2) is 11.5. The van der Waals surface area contributed by atoms with E-state index in [0.29, 0.717) is 5.82 Å². The summed E-state index contributed by atoms with van der Waals surface area (Å²) >= 11 is 0. The van der Waals surface area contributed by atoms with Crippen LogP contribution in [0.3, 0.4) is 0 Å². The Balaban J connectivity index is 0.000000208. The van der Waals surface area contributed by atoms with Gasteiger partial charge in [0.25, 0.3) is 0 Å². The number of anilines is 1. The average molecular weight is 600 g/mol. The monoisotopic (exact) mass is 599 g/mol. The highest BCUT2D eigenvalue weighted by Crippen LogP contribution is 2.33. The van der Waals surface area contributed by atoms with E-state index in [0.717, 1.165) is 59.2 Å². The molecule has 0 atom stereocenters. The van der Waals surface area contributed by atoms with Crippen LogP contribution in [0, 0.1) is 0 Å². The van der Waals surface area contributed by atoms with Crippen LogP contribution in [0.2, 0.25) is 0 Å². The Morgan fingerprint density at radius 3 is 2.50 bits per heavy atom. The molecule has 0 aliphatic heterocycles. The van der Waals surface area contributed by atoms with Gasteiger partial charge >= 0.3 is 6.36 Å². The van der Waals surface area contributed by atoms with E-state index in [1.165, 1.54) is 23.6 Å². The number of alkyl halides is 3. The van der Waals surface area contributed by atoms with Crippen LogP contribution in [0.4, 0.5) is 19.0 Å². The molecule has 5 heterocycles. The Hall–Kier alpha value is -5.79. The van der Waals surface area contributed by atoms with Crippen molar-refractivity contribution >= 4 is 22.9 Å². The summed E-state index contributed by atoms with van der Waals surface area (Å²) in [6.45, 7) is 0. The number of halogens is 3. The van der Waals surface area contributed by atoms with E-state index in [2.05, 4.69) is 42.6 Å². The van der Waals surface area contributed by atoms with Crippen molar-refractivity contribution in [3.8, 4) is 28.8 Å². The van der Waals surface area contributed by atoms with Gasteiger partial charge in [-0.2, -0.15) is 5.10 Å². The van der Waals surface area contributed by atoms with Crippen molar-refractivity contribution in [1.82, 2.24) is 34.3 Å². The molecule has 44 heavy (non-hydrogen) atoms. The maximum absolute atomic E-state index is 11.7. The molecular weight excluding hydrogens is 575 g/mol. The summed E-state index contributed by atoms with van der Waals surface area (Å²) in [5, 5.41) is 4.32. The fraction of sp³-hybridized carbons (Fsp3) is 0.133. The highest BCUT2D eigenvalue weighted by molar-refractivity contribution is 5.92. The van der Waals surface area contributed by atoms with Gasteiger partial charge in [-0.25, -0.2) is 24.6 Å². The molecule has 1 aromatic carbocycles. The number of amides is 1. The topological polar surface area (TPSA) is 153 Å². The lowest BCUT2D eigenvalue weighted by atomic mass is 10.1. The Morgan fingerprint density at radius 2 is 1.75 bits per heavy atom. The average Bonchev–Trinajstić information content (AvgIpc) is 3.76. The maximum Gasteiger partial charge on any atom is 0.574 e. The fourth-order valence-electron chi connectivity index (χ4n) is 4.95. The van der Waals surface area contributed by atoms with Gasteiger partial charge in [-0.3, -0.25) is 9.36 Å². The molecule has 7 rings (SSSR count). The molecule has 0 saturated carbocycles. The summed E-state index contributed by atoms with van der Waals surface area (Å²) in [5.41, 5.74) is 17.2. The number of carbonyl (C=O) groups is 1. The molecule has 0 unspecified atom stereocenters. The minimum Gasteiger partial charge on any atom is -0.388 e. The zero-order valence-electron chi connectivity index (χ0n) is 22.9. The van der Waals surface area contributed by atoms with Gasteiger partial charge in [-0.05, 0) is 78.9 Å². The molecule has 14 heteroatoms. The lowest BCUT2D eigenvalue weighted by molar-refractivity contribution is -0.276. The van der Waals surface area contributed by atoms with Gasteiger partial charge in [0.1, 0.15) is 11.3 Å². The zero-order chi connectivity index (χ0) is 30.8. The van der Waals surface area contributed by atoms with E-state index >= 15 is 0 Å². The Bertz CT molecular complexity index is 1970. The molecule has 1 aliphatic carbocycles. The first kappa shape index (κ1) is 28.3. The number of hydrogen-bond acceptors (Lipinski definition) is 8. The number of primary amides is 1. The van der Waals surface area contributed by atoms with Crippen molar-refractivity contribution in [3.05, 3.63) is 102 Å². The van der Waals surface area contributed by atoms with Crippen molar-refractivity contribution in [2.24, 2.45) is 5.73 Å². The van der Waals surface area contributed by atoms with Crippen molar-refractivity contribution in [2.45, 2.75) is 25.6 Å². The van der Waals surface area contributed by atoms with Crippen molar-refractivity contribution < 1.29 is 22.7 Å². The summed E-state index contributed by atoms with van der Waals surface area (Å²) < 4.78 is 42.4. The van der Waals surface area contributed by atoms with Crippen molar-refractivity contribution in [1.29, 1.82) is 0 Å². The number of nitrogens with zero attached hydrogens (tertiary/aromatic N) is 7. The summed E-state index contributed by atoms with van der Waals surface area (Å²) in [4.78, 5) is 27.9. The van der Waals surface area contributed by atoms with Crippen LogP contribution in [-0.4, -0.2) is 46.6 Å². The van der Waals surface area contributed by atoms with E-state index in [-0.39, 0.29) is 5.56 Å². The first-order valence-corrected chi connectivity index (χ1v) is 13.4. The number of nitrogens with two attached hydrogens (primary N) is 2. The number of hydrogen-bond donors (Lipinski definition) is 2. The van der Waals surface area contributed by atoms with Gasteiger partial charge < -0.3 is 16.2 Å². The minimum absolute atomic E-state index is 0.0979. The number of fused-ring (bicyclic) bond motifs is 2. The lowest BCUT2D eigenvalue weighted by Gasteiger charge is -2.12. The largest absolute Gasteiger partial charge is 0.574 e. The van der Waals surface area contributed by atoms with E-state index in [1.807, 2.05) is 36.5 Å². The molecule has 0 bridgehead atoms. The van der Waals surface area contributed by atoms with Gasteiger partial charge in [0, 0.05) is 42.1 Å². The third kappa shape index (κ3) is 5.90. The molecule has 1 aliphatic rings. The molecule has 0 fully saturated rings. The highest BCUT2D eigenvalue weighted by atomic mass is 19.4. The molecule has 0 spiro atoms. The van der Waals surface area contributed by atoms with E-state index in [4.69, 9.17) is 21.4 Å². The van der Waals surface area contributed by atoms with E-state index in [9.17, 15) is 18.0 Å². The standard InChI is InChI=1S/C23H19N7.C7H5F3N2O2/c24-21-18(6-2-11-25-21)22-27-19-9-10-20(29-13-3-12-26-29)28-23(19)30(22)17-8-7-15-4-1-5-16(15)14-17;8-7(9,10)14-5-3-4(6(11)13)1-2-12-5/h2-3,6-14H,1,4-5H2,(H2,24,25);1-3H,(H2,11,13). The number of nitrogen functional groups attached to an aromatic ring is 1. The smallest absolute Gasteiger partial charge is 0.388 e. The zero-order valence-corrected chi connectivity index (χ0v) is 22.9. The fourth-order valence-corrected chi connectivity index (χ4v) is 4.95. The van der Waals surface area contributed by atoms with Gasteiger partial charge in [0.05, 0.1) is 5.56 Å². The number of carbonyl (C=O) groups excluding carboxylic acids is 1. The minimum atomic E-state index is -4.83. The molecule has 11 nitrogen and oxygen atoms in total. The second-order valence-electron chi connectivity index (χ2n) is 9.77. The molecule has 0 saturated heterocycles. The number of aryl methyl sites for hydroxylation is 2. The van der Waals surface area contributed by atoms with Crippen LogP contribution in [0.5, 0.6) is 5.88 Å². The first-order valence-electron chi connectivity index (χ1n) is 13.4. The SMILES string of the molecule is NC(=O)c1ccnc(OC(F)(F)F)c1.Nc1ncccc1-c1nc2ccc(-n3cccn3)nc2n1-c1ccc2c(c1)CCC2. The number of ether oxygens (including phenoxy) is 1. The summed E-state index contributed by atoms with van der Waals surface area (Å²) in [6.07, 6.45) is 4.93. The van der Waals surface area contributed by atoms with Crippen LogP contribution in [0.1, 0.15) is 27.9 Å². The van der Waals surface area contributed by atoms with E-state index in [1.54, 1.807) is 17.1 Å². The summed E-state index contributed by atoms with van der Waals surface area (Å²) in [5.74, 6) is 0.356. The molecule has 222 valence electrons. The number of rotatable bonds is 5. The molecule has 0 radical (unpaired) electrons. The van der Waals surface area contributed by atoms with Crippen LogP contribution < -0.4 is 16.2 Å². The predicted octanol–water partition coefficient (Wildman–Crippen LogP) is 4.82. The molecule has 1 amide bonds. The number of aromatic nitrogens is 7. The molecule has 6 aromatic rings. The lowest BCUT2D eigenvalue weighted by Crippen LogP contribution is -2.18. The van der Waals surface area contributed by atoms with Crippen LogP contribution in [0.15, 0.2) is 85.5 Å². The van der Waals surface area contributed by atoms with Crippen LogP contribution in [-0.2, 0) is 12.8 Å². The number of pyridine rings is 3. The van der Waals surface area contributed by atoms with Crippen LogP contribution >= 0.6 is 0 Å². The third-order valence-corrected chi connectivity index (χ3v) is 6.89. The summed E-state index contributed by atoms with van der Waals surface area (Å²) in [7, 11) is 0. The molecular formula is C30H24F3N9O2. The van der Waals surface area contributed by atoms with E-state index < -0.39 is 18.1 Å². The highest BCUT2D eigenvalue weighted by Gasteiger charge is 2.32. The quantitative estimate of drug-likeness (QED) is 0.286. The van der Waals surface area contributed by atoms with Gasteiger partial charge in [-0.15, -0.1) is 13.2 Å². The maximum atomic E-state index is 11.7. The molecule has 4 N–H and O–H groups in total. The van der Waals surface area contributed by atoms with Gasteiger partial charge in [0.2, 0.25) is 11.8 Å². The van der Waals surface area contributed by atoms with Crippen molar-refractivity contribution in [3.63, 3.8) is 0 Å². The predicted molar refractivity (Wildman–Crippen MR) is 155 cm³/mol. The first-order chi connectivity index (χ1) is 21.2. The summed E-state index contributed by atoms with van der Waals surface area (Å²) in [6, 6.07) is 18.2. The van der Waals surface area contributed by atoms with Crippen molar-refractivity contribution in [2.75, 3.05) is 5.73 Å². The number of benzene rings is 1. The Morgan fingerprint density at radius 1 is 0.909 bits per heavy atom. The number of imidazole rings is 1. The van der Waals surface area contributed by atoms with Gasteiger partial charge in [0.15, 0.2) is 17.3 Å². The van der Waals surface area contributed by atoms with Crippen LogP contribution in [0.25, 0.3) is 34.1 Å². The molecule has 5 aromatic heterocycles. The normalized spacial score (nSPS) is 12.4. The van der Waals surface area contributed by atoms with Gasteiger partial charge in [-0.1, -0.05) is 6.07 Å². The third-order valence-electron chi connectivity index (χ3n) is 6.89. The Labute approximate surface area is 248 Å². The Kier molecular flexibility index (Phi) is 7.39. The second-order valence-corrected chi connectivity index (χ2v) is 9.77.